The molecule has 7 heteroatoms. The third-order valence-corrected chi connectivity index (χ3v) is 8.86. The van der Waals surface area contributed by atoms with Crippen molar-refractivity contribution in [2.75, 3.05) is 24.7 Å². The van der Waals surface area contributed by atoms with E-state index in [0.717, 1.165) is 41.4 Å². The third kappa shape index (κ3) is 6.37. The molecule has 1 unspecified atom stereocenters. The van der Waals surface area contributed by atoms with Crippen LogP contribution in [0.3, 0.4) is 0 Å². The van der Waals surface area contributed by atoms with Gasteiger partial charge in [-0.05, 0) is 44.1 Å². The van der Waals surface area contributed by atoms with Crippen LogP contribution in [0.5, 0.6) is 0 Å². The molecule has 1 atom stereocenters. The molecule has 0 radical (unpaired) electrons. The van der Waals surface area contributed by atoms with E-state index in [1.807, 2.05) is 13.8 Å². The van der Waals surface area contributed by atoms with Crippen molar-refractivity contribution in [3.63, 3.8) is 0 Å². The van der Waals surface area contributed by atoms with E-state index in [4.69, 9.17) is 9.05 Å². The van der Waals surface area contributed by atoms with Crippen molar-refractivity contribution >= 4 is 31.1 Å². The number of hydrogen-bond donors (Lipinski definition) is 1. The Morgan fingerprint density at radius 1 is 1.04 bits per heavy atom. The van der Waals surface area contributed by atoms with Crippen LogP contribution in [0.1, 0.15) is 59.8 Å². The second-order valence-electron chi connectivity index (χ2n) is 5.71. The second-order valence-corrected chi connectivity index (χ2v) is 10.5. The van der Waals surface area contributed by atoms with Crippen molar-refractivity contribution in [2.45, 2.75) is 65.9 Å². The van der Waals surface area contributed by atoms with E-state index in [2.05, 4.69) is 13.8 Å². The first kappa shape index (κ1) is 22.6. The Morgan fingerprint density at radius 3 is 1.96 bits per heavy atom. The molecule has 0 amide bonds. The van der Waals surface area contributed by atoms with Crippen LogP contribution in [0, 0.1) is 5.92 Å². The summed E-state index contributed by atoms with van der Waals surface area (Å²) in [5.41, 5.74) is 0. The number of rotatable bonds is 11. The van der Waals surface area contributed by atoms with E-state index in [0.29, 0.717) is 18.5 Å². The Morgan fingerprint density at radius 2 is 1.54 bits per heavy atom. The summed E-state index contributed by atoms with van der Waals surface area (Å²) in [5.74, 6) is 1.87. The van der Waals surface area contributed by atoms with E-state index >= 15 is 0 Å². The van der Waals surface area contributed by atoms with Crippen LogP contribution < -0.4 is 0 Å². The first-order chi connectivity index (χ1) is 11.5. The highest BCUT2D eigenvalue weighted by atomic mass is 32.2. The Labute approximate surface area is 156 Å². The minimum atomic E-state index is -3.48. The van der Waals surface area contributed by atoms with Crippen molar-refractivity contribution < 1.29 is 18.7 Å². The summed E-state index contributed by atoms with van der Waals surface area (Å²) in [6.45, 7) is 8.37. The fraction of sp³-hybridized carbons (Fsp3) is 0.882. The highest BCUT2D eigenvalue weighted by Gasteiger charge is 2.40. The molecule has 0 aromatic carbocycles. The number of aliphatic hydroxyl groups excluding tert-OH is 1. The topological polar surface area (TPSA) is 55.8 Å². The van der Waals surface area contributed by atoms with Crippen molar-refractivity contribution in [1.29, 1.82) is 0 Å². The Balaban J connectivity index is 3.31. The lowest BCUT2D eigenvalue weighted by molar-refractivity contribution is 0.114. The molecule has 1 fully saturated rings. The Bertz CT molecular complexity index is 418. The van der Waals surface area contributed by atoms with E-state index in [9.17, 15) is 9.67 Å². The maximum Gasteiger partial charge on any atom is 0.361 e. The molecule has 0 aliphatic heterocycles. The molecule has 0 spiro atoms. The standard InChI is InChI=1S/C17H33O4PS2/c1-5-20-22(19,21-6-2)16(17(23-7-3)24-8-4)15(18)14-12-10-9-11-13-14/h14-15,18H,5-13H2,1-4H3. The zero-order valence-corrected chi connectivity index (χ0v) is 18.0. The molecule has 0 aromatic rings. The van der Waals surface area contributed by atoms with E-state index in [1.54, 1.807) is 23.5 Å². The van der Waals surface area contributed by atoms with Crippen LogP contribution in [0.15, 0.2) is 9.55 Å². The fourth-order valence-electron chi connectivity index (χ4n) is 3.04. The monoisotopic (exact) mass is 396 g/mol. The largest absolute Gasteiger partial charge is 0.388 e. The van der Waals surface area contributed by atoms with Gasteiger partial charge in [-0.3, -0.25) is 4.57 Å². The van der Waals surface area contributed by atoms with Crippen LogP contribution in [0.4, 0.5) is 0 Å². The van der Waals surface area contributed by atoms with Gasteiger partial charge in [-0.1, -0.05) is 33.1 Å². The van der Waals surface area contributed by atoms with E-state index in [-0.39, 0.29) is 5.92 Å². The second kappa shape index (κ2) is 12.0. The molecule has 0 bridgehead atoms. The Hall–Kier alpha value is 0.550. The maximum atomic E-state index is 13.5. The molecule has 142 valence electrons. The zero-order chi connectivity index (χ0) is 18.0. The summed E-state index contributed by atoms with van der Waals surface area (Å²) < 4.78 is 25.6. The highest BCUT2D eigenvalue weighted by molar-refractivity contribution is 8.22. The Kier molecular flexibility index (Phi) is 11.3. The van der Waals surface area contributed by atoms with Crippen LogP contribution in [-0.2, 0) is 13.6 Å². The molecule has 0 heterocycles. The van der Waals surface area contributed by atoms with Gasteiger partial charge in [-0.2, -0.15) is 0 Å². The summed E-state index contributed by atoms with van der Waals surface area (Å²) in [6, 6.07) is 0. The summed E-state index contributed by atoms with van der Waals surface area (Å²) >= 11 is 3.26. The van der Waals surface area contributed by atoms with Gasteiger partial charge >= 0.3 is 7.60 Å². The summed E-state index contributed by atoms with van der Waals surface area (Å²) in [5, 5.41) is 11.6. The van der Waals surface area contributed by atoms with Crippen molar-refractivity contribution in [3.8, 4) is 0 Å². The molecule has 0 aromatic heterocycles. The van der Waals surface area contributed by atoms with Crippen molar-refractivity contribution in [2.24, 2.45) is 5.92 Å². The van der Waals surface area contributed by atoms with Gasteiger partial charge in [0.15, 0.2) is 0 Å². The fourth-order valence-corrected chi connectivity index (χ4v) is 7.99. The van der Waals surface area contributed by atoms with E-state index in [1.165, 1.54) is 6.42 Å². The van der Waals surface area contributed by atoms with Crippen LogP contribution in [0.2, 0.25) is 0 Å². The predicted molar refractivity (Wildman–Crippen MR) is 107 cm³/mol. The van der Waals surface area contributed by atoms with Gasteiger partial charge in [-0.25, -0.2) is 0 Å². The number of thioether (sulfide) groups is 2. The van der Waals surface area contributed by atoms with Gasteiger partial charge in [0.05, 0.1) is 28.9 Å². The highest BCUT2D eigenvalue weighted by Crippen LogP contribution is 2.62. The molecule has 24 heavy (non-hydrogen) atoms. The molecule has 1 N–H and O–H groups in total. The molecule has 1 aliphatic carbocycles. The summed E-state index contributed by atoms with van der Waals surface area (Å²) in [6.07, 6.45) is 4.67. The number of hydrogen-bond acceptors (Lipinski definition) is 6. The minimum Gasteiger partial charge on any atom is -0.388 e. The number of aliphatic hydroxyl groups is 1. The molecular weight excluding hydrogens is 363 g/mol. The van der Waals surface area contributed by atoms with Gasteiger partial charge < -0.3 is 14.2 Å². The molecule has 1 rings (SSSR count). The van der Waals surface area contributed by atoms with Crippen LogP contribution >= 0.6 is 31.1 Å². The SMILES string of the molecule is CCOP(=O)(OCC)C(=C(SCC)SCC)C(O)C1CCCCC1. The minimum absolute atomic E-state index is 0.146. The molecule has 1 aliphatic rings. The van der Waals surface area contributed by atoms with Gasteiger partial charge in [0.2, 0.25) is 0 Å². The lowest BCUT2D eigenvalue weighted by atomic mass is 9.85. The van der Waals surface area contributed by atoms with Crippen LogP contribution in [0.25, 0.3) is 0 Å². The molecule has 4 nitrogen and oxygen atoms in total. The van der Waals surface area contributed by atoms with Gasteiger partial charge in [0, 0.05) is 0 Å². The summed E-state index contributed by atoms with van der Waals surface area (Å²) in [4.78, 5) is 0. The smallest absolute Gasteiger partial charge is 0.361 e. The molecule has 0 saturated heterocycles. The zero-order valence-electron chi connectivity index (χ0n) is 15.5. The predicted octanol–water partition coefficient (Wildman–Crippen LogP) is 5.87. The maximum absolute atomic E-state index is 13.5. The average molecular weight is 397 g/mol. The quantitative estimate of drug-likeness (QED) is 0.441. The van der Waals surface area contributed by atoms with Crippen LogP contribution in [-0.4, -0.2) is 35.9 Å². The first-order valence-corrected chi connectivity index (χ1v) is 12.6. The molecular formula is C17H33O4PS2. The lowest BCUT2D eigenvalue weighted by Gasteiger charge is -2.32. The van der Waals surface area contributed by atoms with Gasteiger partial charge in [-0.15, -0.1) is 23.5 Å². The third-order valence-electron chi connectivity index (χ3n) is 4.03. The van der Waals surface area contributed by atoms with Gasteiger partial charge in [0.25, 0.3) is 0 Å². The molecule has 1 saturated carbocycles. The van der Waals surface area contributed by atoms with Crippen molar-refractivity contribution in [1.82, 2.24) is 0 Å². The van der Waals surface area contributed by atoms with E-state index < -0.39 is 13.7 Å². The lowest BCUT2D eigenvalue weighted by Crippen LogP contribution is -2.26. The normalized spacial score (nSPS) is 17.7. The van der Waals surface area contributed by atoms with Gasteiger partial charge in [0.1, 0.15) is 0 Å². The first-order valence-electron chi connectivity index (χ1n) is 9.11. The summed E-state index contributed by atoms with van der Waals surface area (Å²) in [7, 11) is -3.48. The average Bonchev–Trinajstić information content (AvgIpc) is 2.56. The van der Waals surface area contributed by atoms with Crippen molar-refractivity contribution in [3.05, 3.63) is 9.55 Å².